The Morgan fingerprint density at radius 2 is 1.79 bits per heavy atom. The fourth-order valence-electron chi connectivity index (χ4n) is 9.25. The highest BCUT2D eigenvalue weighted by Gasteiger charge is 2.44. The standard InChI is InChI=1S/C53H61FN12O8S/c1-29-45(75-28-58-29)31-16-14-30(15-17-31)25-57-49(71)39-23-33(67)26-66(39)51(73)46(53(2,3)4)61-41(68)12-9-13-42(69)64(6)27-43(70)65-21-19-32-22-40(74-7)37(24-38(32)65)60-52-62-47-34(18-20-56-47)48(63-52)59-36-11-8-10-35(54)44(36)50(72)55-5/h8,10-11,14-18,20,22,24,28,33,39,46,67H,9,12-13,19,21,23,25-27H2,1-7H3,(H,55,72)(H,57,71)(H,61,68)(H3,56,59,60,62,63)/t33-,39+,46-/m1/s1. The molecule has 8 rings (SSSR count). The number of aliphatic hydroxyl groups is 1. The number of aromatic amines is 1. The van der Waals surface area contributed by atoms with Crippen molar-refractivity contribution in [3.05, 3.63) is 101 Å². The number of aromatic nitrogens is 4. The van der Waals surface area contributed by atoms with Crippen LogP contribution in [0.3, 0.4) is 0 Å². The molecule has 7 N–H and O–H groups in total. The number of nitrogens with zero attached hydrogens (tertiary/aromatic N) is 6. The highest BCUT2D eigenvalue weighted by atomic mass is 32.1. The van der Waals surface area contributed by atoms with Crippen LogP contribution in [0.1, 0.15) is 73.6 Å². The molecule has 1 fully saturated rings. The molecule has 2 aliphatic heterocycles. The van der Waals surface area contributed by atoms with Crippen molar-refractivity contribution in [2.75, 3.05) is 56.4 Å². The maximum absolute atomic E-state index is 14.9. The highest BCUT2D eigenvalue weighted by Crippen LogP contribution is 2.39. The third-order valence-electron chi connectivity index (χ3n) is 13.3. The van der Waals surface area contributed by atoms with Crippen molar-refractivity contribution >= 4 is 86.6 Å². The fraction of sp³-hybridized carbons (Fsp3) is 0.377. The molecule has 1 saturated heterocycles. The van der Waals surface area contributed by atoms with Crippen LogP contribution in [0.5, 0.6) is 5.75 Å². The minimum atomic E-state index is -1.04. The lowest BCUT2D eigenvalue weighted by Gasteiger charge is -2.35. The molecule has 22 heteroatoms. The predicted octanol–water partition coefficient (Wildman–Crippen LogP) is 5.71. The number of rotatable bonds is 18. The van der Waals surface area contributed by atoms with Gasteiger partial charge in [0.1, 0.15) is 35.1 Å². The Balaban J connectivity index is 0.851. The Morgan fingerprint density at radius 3 is 2.49 bits per heavy atom. The Labute approximate surface area is 436 Å². The van der Waals surface area contributed by atoms with Crippen molar-refractivity contribution in [3.8, 4) is 16.2 Å². The average molecular weight is 1050 g/mol. The van der Waals surface area contributed by atoms with E-state index in [1.54, 1.807) is 66.9 Å². The zero-order chi connectivity index (χ0) is 53.7. The summed E-state index contributed by atoms with van der Waals surface area (Å²) in [6.07, 6.45) is 1.32. The lowest BCUT2D eigenvalue weighted by atomic mass is 9.85. The molecule has 394 valence electrons. The van der Waals surface area contributed by atoms with E-state index in [0.717, 1.165) is 27.3 Å². The number of aliphatic hydroxyl groups excluding tert-OH is 1. The van der Waals surface area contributed by atoms with Crippen LogP contribution in [0, 0.1) is 18.2 Å². The molecule has 75 heavy (non-hydrogen) atoms. The van der Waals surface area contributed by atoms with Gasteiger partial charge in [0.15, 0.2) is 0 Å². The normalized spacial score (nSPS) is 15.5. The van der Waals surface area contributed by atoms with Crippen LogP contribution in [-0.4, -0.2) is 129 Å². The molecule has 6 aromatic rings. The number of nitrogens with one attached hydrogen (secondary N) is 6. The van der Waals surface area contributed by atoms with Gasteiger partial charge in [0.25, 0.3) is 5.91 Å². The molecule has 0 unspecified atom stereocenters. The molecule has 3 aromatic heterocycles. The Bertz CT molecular complexity index is 3140. The summed E-state index contributed by atoms with van der Waals surface area (Å²) in [7, 11) is 4.44. The van der Waals surface area contributed by atoms with Gasteiger partial charge in [0.2, 0.25) is 35.5 Å². The van der Waals surface area contributed by atoms with Crippen LogP contribution in [0.25, 0.3) is 21.5 Å². The number of thiazole rings is 1. The van der Waals surface area contributed by atoms with Gasteiger partial charge in [-0.3, -0.25) is 28.8 Å². The minimum absolute atomic E-state index is 0.0459. The van der Waals surface area contributed by atoms with Crippen LogP contribution in [0.15, 0.2) is 72.4 Å². The molecule has 0 aliphatic carbocycles. The maximum Gasteiger partial charge on any atom is 0.256 e. The zero-order valence-corrected chi connectivity index (χ0v) is 43.6. The van der Waals surface area contributed by atoms with Gasteiger partial charge in [-0.05, 0) is 72.2 Å². The monoisotopic (exact) mass is 1040 g/mol. The number of carbonyl (C=O) groups excluding carboxylic acids is 6. The number of ether oxygens (including phenoxy) is 1. The van der Waals surface area contributed by atoms with Gasteiger partial charge in [-0.15, -0.1) is 11.3 Å². The first-order chi connectivity index (χ1) is 35.8. The number of halogens is 1. The van der Waals surface area contributed by atoms with E-state index >= 15 is 0 Å². The average Bonchev–Trinajstić information content (AvgIpc) is 4.22. The number of fused-ring (bicyclic) bond motifs is 2. The largest absolute Gasteiger partial charge is 0.495 e. The zero-order valence-electron chi connectivity index (χ0n) is 42.8. The van der Waals surface area contributed by atoms with E-state index in [4.69, 9.17) is 4.74 Å². The predicted molar refractivity (Wildman–Crippen MR) is 282 cm³/mol. The SMILES string of the molecule is CNC(=O)c1c(F)cccc1Nc1nc(Nc2cc3c(cc2OC)CCN3C(=O)CN(C)C(=O)CCCC(=O)N[C@H](C(=O)N2C[C@H](O)C[C@H]2C(=O)NCc2ccc(-c3scnc3C)cc2)C(C)(C)C)nc2[nH]ccc12. The van der Waals surface area contributed by atoms with Gasteiger partial charge in [0, 0.05) is 64.9 Å². The molecule has 6 amide bonds. The molecular weight excluding hydrogens is 984 g/mol. The number of hydrogen-bond acceptors (Lipinski definition) is 14. The molecule has 0 bridgehead atoms. The number of benzene rings is 3. The lowest BCUT2D eigenvalue weighted by Crippen LogP contribution is -2.57. The number of carbonyl (C=O) groups is 6. The van der Waals surface area contributed by atoms with Crippen LogP contribution in [-0.2, 0) is 36.9 Å². The summed E-state index contributed by atoms with van der Waals surface area (Å²) in [5.74, 6) is -2.55. The van der Waals surface area contributed by atoms with E-state index in [0.29, 0.717) is 41.1 Å². The van der Waals surface area contributed by atoms with Crippen LogP contribution in [0.2, 0.25) is 0 Å². The second-order valence-electron chi connectivity index (χ2n) is 19.7. The number of hydrogen-bond donors (Lipinski definition) is 7. The third kappa shape index (κ3) is 12.0. The van der Waals surface area contributed by atoms with E-state index in [9.17, 15) is 38.3 Å². The van der Waals surface area contributed by atoms with Gasteiger partial charge in [-0.25, -0.2) is 9.37 Å². The number of likely N-dealkylation sites (tertiary alicyclic amines) is 1. The molecule has 0 spiro atoms. The second-order valence-corrected chi connectivity index (χ2v) is 20.5. The maximum atomic E-state index is 14.9. The lowest BCUT2D eigenvalue weighted by molar-refractivity contribution is -0.144. The summed E-state index contributed by atoms with van der Waals surface area (Å²) in [6.45, 7) is 7.60. The Kier molecular flexibility index (Phi) is 16.1. The Hall–Kier alpha value is -7.98. The van der Waals surface area contributed by atoms with Gasteiger partial charge in [0.05, 0.1) is 58.2 Å². The summed E-state index contributed by atoms with van der Waals surface area (Å²) in [5, 5.41) is 25.7. The quantitative estimate of drug-likeness (QED) is 0.0545. The summed E-state index contributed by atoms with van der Waals surface area (Å²) in [5.41, 5.74) is 6.16. The van der Waals surface area contributed by atoms with Crippen molar-refractivity contribution in [2.24, 2.45) is 5.41 Å². The Morgan fingerprint density at radius 1 is 1.01 bits per heavy atom. The summed E-state index contributed by atoms with van der Waals surface area (Å²) in [4.78, 5) is 103. The summed E-state index contributed by atoms with van der Waals surface area (Å²) < 4.78 is 20.6. The van der Waals surface area contributed by atoms with Crippen molar-refractivity contribution < 1.29 is 43.0 Å². The highest BCUT2D eigenvalue weighted by molar-refractivity contribution is 7.13. The first-order valence-corrected chi connectivity index (χ1v) is 25.4. The summed E-state index contributed by atoms with van der Waals surface area (Å²) in [6, 6.07) is 15.3. The number of amides is 6. The molecule has 3 aromatic carbocycles. The number of aryl methyl sites for hydroxylation is 1. The molecule has 0 radical (unpaired) electrons. The number of likely N-dealkylation sites (N-methyl/N-ethyl adjacent to an activating group) is 1. The van der Waals surface area contributed by atoms with E-state index in [1.807, 2.05) is 37.3 Å². The van der Waals surface area contributed by atoms with Crippen molar-refractivity contribution in [1.82, 2.24) is 45.7 Å². The van der Waals surface area contributed by atoms with Crippen LogP contribution >= 0.6 is 11.3 Å². The second kappa shape index (κ2) is 22.6. The number of H-pyrrole nitrogens is 1. The number of β-amino-alcohol motifs (C(OH)–C–C–N with tert-alkyl or cyclic N) is 1. The van der Waals surface area contributed by atoms with Crippen molar-refractivity contribution in [1.29, 1.82) is 0 Å². The minimum Gasteiger partial charge on any atom is -0.495 e. The number of anilines is 5. The van der Waals surface area contributed by atoms with E-state index in [-0.39, 0.29) is 80.1 Å². The first-order valence-electron chi connectivity index (χ1n) is 24.5. The smallest absolute Gasteiger partial charge is 0.256 e. The third-order valence-corrected chi connectivity index (χ3v) is 14.3. The summed E-state index contributed by atoms with van der Waals surface area (Å²) >= 11 is 1.55. The fourth-order valence-corrected chi connectivity index (χ4v) is 10.1. The van der Waals surface area contributed by atoms with Gasteiger partial charge in [-0.2, -0.15) is 9.97 Å². The first kappa shape index (κ1) is 53.3. The van der Waals surface area contributed by atoms with E-state index in [1.165, 1.54) is 43.1 Å². The van der Waals surface area contributed by atoms with E-state index in [2.05, 4.69) is 46.5 Å². The molecule has 20 nitrogen and oxygen atoms in total. The van der Waals surface area contributed by atoms with E-state index < -0.39 is 53.0 Å². The topological polar surface area (TPSA) is 256 Å². The molecular formula is C53H61FN12O8S. The van der Waals surface area contributed by atoms with Crippen molar-refractivity contribution in [2.45, 2.75) is 84.5 Å². The molecule has 3 atom stereocenters. The number of methoxy groups -OCH3 is 1. The molecule has 0 saturated carbocycles. The van der Waals surface area contributed by atoms with Gasteiger partial charge in [-0.1, -0.05) is 51.1 Å². The van der Waals surface area contributed by atoms with Gasteiger partial charge >= 0.3 is 0 Å². The molecule has 2 aliphatic rings. The van der Waals surface area contributed by atoms with Crippen LogP contribution < -0.4 is 36.2 Å². The molecule has 5 heterocycles. The van der Waals surface area contributed by atoms with Crippen LogP contribution in [0.4, 0.5) is 33.2 Å². The van der Waals surface area contributed by atoms with Crippen molar-refractivity contribution in [3.63, 3.8) is 0 Å². The van der Waals surface area contributed by atoms with Gasteiger partial charge < -0.3 is 56.1 Å².